The van der Waals surface area contributed by atoms with Gasteiger partial charge in [0.05, 0.1) is 6.10 Å². The third kappa shape index (κ3) is 3.08. The molecular formula is C14H15NOS. The molecule has 0 radical (unpaired) electrons. The van der Waals surface area contributed by atoms with Crippen molar-refractivity contribution in [3.05, 3.63) is 53.7 Å². The van der Waals surface area contributed by atoms with E-state index in [1.807, 2.05) is 24.3 Å². The Morgan fingerprint density at radius 2 is 1.94 bits per heavy atom. The average Bonchev–Trinajstić information content (AvgIpc) is 2.33. The monoisotopic (exact) mass is 245 g/mol. The van der Waals surface area contributed by atoms with Crippen molar-refractivity contribution in [3.63, 3.8) is 0 Å². The molecule has 2 aromatic rings. The zero-order chi connectivity index (χ0) is 12.3. The summed E-state index contributed by atoms with van der Waals surface area (Å²) in [5.41, 5.74) is 2.10. The maximum atomic E-state index is 9.40. The molecule has 0 saturated heterocycles. The van der Waals surface area contributed by atoms with Crippen LogP contribution in [0.1, 0.15) is 24.2 Å². The van der Waals surface area contributed by atoms with E-state index >= 15 is 0 Å². The quantitative estimate of drug-likeness (QED) is 0.897. The van der Waals surface area contributed by atoms with E-state index in [1.54, 1.807) is 24.9 Å². The average molecular weight is 245 g/mol. The molecule has 1 aromatic carbocycles. The minimum atomic E-state index is -0.458. The van der Waals surface area contributed by atoms with Crippen LogP contribution in [-0.4, -0.2) is 10.1 Å². The van der Waals surface area contributed by atoms with Gasteiger partial charge in [-0.25, -0.2) is 4.98 Å². The summed E-state index contributed by atoms with van der Waals surface area (Å²) in [6.07, 6.45) is 1.27. The normalized spacial score (nSPS) is 12.4. The molecular weight excluding hydrogens is 230 g/mol. The zero-order valence-corrected chi connectivity index (χ0v) is 10.7. The summed E-state index contributed by atoms with van der Waals surface area (Å²) in [7, 11) is 0. The minimum absolute atomic E-state index is 0.458. The van der Waals surface area contributed by atoms with Crippen molar-refractivity contribution in [2.24, 2.45) is 0 Å². The van der Waals surface area contributed by atoms with Crippen LogP contribution in [0, 0.1) is 6.92 Å². The minimum Gasteiger partial charge on any atom is -0.389 e. The molecule has 1 heterocycles. The van der Waals surface area contributed by atoms with E-state index in [1.165, 1.54) is 10.5 Å². The summed E-state index contributed by atoms with van der Waals surface area (Å²) in [5.74, 6) is 0. The van der Waals surface area contributed by atoms with Gasteiger partial charge in [-0.3, -0.25) is 0 Å². The predicted octanol–water partition coefficient (Wildman–Crippen LogP) is 3.59. The summed E-state index contributed by atoms with van der Waals surface area (Å²) in [6, 6.07) is 12.1. The van der Waals surface area contributed by atoms with Crippen molar-refractivity contribution in [3.8, 4) is 0 Å². The van der Waals surface area contributed by atoms with Gasteiger partial charge in [0.25, 0.3) is 0 Å². The first kappa shape index (κ1) is 12.1. The molecule has 0 bridgehead atoms. The van der Waals surface area contributed by atoms with E-state index in [4.69, 9.17) is 0 Å². The molecule has 1 aromatic heterocycles. The Kier molecular flexibility index (Phi) is 3.82. The largest absolute Gasteiger partial charge is 0.389 e. The number of hydrogen-bond acceptors (Lipinski definition) is 3. The maximum Gasteiger partial charge on any atom is 0.101 e. The molecule has 1 atom stereocenters. The zero-order valence-electron chi connectivity index (χ0n) is 9.92. The van der Waals surface area contributed by atoms with E-state index < -0.39 is 6.10 Å². The molecule has 88 valence electrons. The fourth-order valence-electron chi connectivity index (χ4n) is 1.48. The highest BCUT2D eigenvalue weighted by Gasteiger charge is 2.04. The SMILES string of the molecule is Cc1ccccc1Sc1ccc(C(C)O)cn1. The van der Waals surface area contributed by atoms with Crippen LogP contribution in [0.3, 0.4) is 0 Å². The highest BCUT2D eigenvalue weighted by Crippen LogP contribution is 2.28. The van der Waals surface area contributed by atoms with E-state index in [-0.39, 0.29) is 0 Å². The van der Waals surface area contributed by atoms with E-state index in [9.17, 15) is 5.11 Å². The second kappa shape index (κ2) is 5.34. The molecule has 2 nitrogen and oxygen atoms in total. The van der Waals surface area contributed by atoms with Gasteiger partial charge in [-0.2, -0.15) is 0 Å². The highest BCUT2D eigenvalue weighted by atomic mass is 32.2. The lowest BCUT2D eigenvalue weighted by Gasteiger charge is -2.06. The van der Waals surface area contributed by atoms with Crippen LogP contribution in [0.2, 0.25) is 0 Å². The number of nitrogens with zero attached hydrogens (tertiary/aromatic N) is 1. The van der Waals surface area contributed by atoms with Gasteiger partial charge in [0.1, 0.15) is 5.03 Å². The van der Waals surface area contributed by atoms with E-state index in [2.05, 4.69) is 24.0 Å². The maximum absolute atomic E-state index is 9.40. The Hall–Kier alpha value is -1.32. The molecule has 0 spiro atoms. The van der Waals surface area contributed by atoms with Crippen LogP contribution in [0.15, 0.2) is 52.5 Å². The Labute approximate surface area is 106 Å². The topological polar surface area (TPSA) is 33.1 Å². The molecule has 3 heteroatoms. The van der Waals surface area contributed by atoms with Crippen LogP contribution < -0.4 is 0 Å². The highest BCUT2D eigenvalue weighted by molar-refractivity contribution is 7.99. The number of aliphatic hydroxyl groups excluding tert-OH is 1. The Morgan fingerprint density at radius 1 is 1.18 bits per heavy atom. The summed E-state index contributed by atoms with van der Waals surface area (Å²) < 4.78 is 0. The molecule has 0 fully saturated rings. The molecule has 0 aliphatic heterocycles. The number of pyridine rings is 1. The van der Waals surface area contributed by atoms with Crippen LogP contribution >= 0.6 is 11.8 Å². The van der Waals surface area contributed by atoms with Crippen molar-refractivity contribution in [1.82, 2.24) is 4.98 Å². The second-order valence-electron chi connectivity index (χ2n) is 3.97. The summed E-state index contributed by atoms with van der Waals surface area (Å²) in [5, 5.41) is 10.3. The van der Waals surface area contributed by atoms with Crippen LogP contribution in [-0.2, 0) is 0 Å². The summed E-state index contributed by atoms with van der Waals surface area (Å²) in [6.45, 7) is 3.83. The fourth-order valence-corrected chi connectivity index (χ4v) is 2.33. The number of rotatable bonds is 3. The number of aryl methyl sites for hydroxylation is 1. The van der Waals surface area contributed by atoms with Crippen molar-refractivity contribution < 1.29 is 5.11 Å². The lowest BCUT2D eigenvalue weighted by atomic mass is 10.2. The number of hydrogen-bond donors (Lipinski definition) is 1. The third-order valence-electron chi connectivity index (χ3n) is 2.55. The smallest absolute Gasteiger partial charge is 0.101 e. The van der Waals surface area contributed by atoms with Gasteiger partial charge in [-0.15, -0.1) is 0 Å². The summed E-state index contributed by atoms with van der Waals surface area (Å²) >= 11 is 1.64. The fraction of sp³-hybridized carbons (Fsp3) is 0.214. The van der Waals surface area contributed by atoms with Crippen LogP contribution in [0.25, 0.3) is 0 Å². The van der Waals surface area contributed by atoms with Crippen LogP contribution in [0.5, 0.6) is 0 Å². The molecule has 0 saturated carbocycles. The molecule has 0 aliphatic rings. The van der Waals surface area contributed by atoms with E-state index in [0.29, 0.717) is 0 Å². The van der Waals surface area contributed by atoms with E-state index in [0.717, 1.165) is 10.6 Å². The Bertz CT molecular complexity index is 494. The molecule has 0 amide bonds. The first-order valence-electron chi connectivity index (χ1n) is 5.54. The molecule has 17 heavy (non-hydrogen) atoms. The predicted molar refractivity (Wildman–Crippen MR) is 70.2 cm³/mol. The van der Waals surface area contributed by atoms with Gasteiger partial charge in [-0.05, 0) is 37.1 Å². The first-order valence-corrected chi connectivity index (χ1v) is 6.36. The van der Waals surface area contributed by atoms with Gasteiger partial charge in [0.15, 0.2) is 0 Å². The summed E-state index contributed by atoms with van der Waals surface area (Å²) in [4.78, 5) is 5.55. The van der Waals surface area contributed by atoms with Crippen molar-refractivity contribution >= 4 is 11.8 Å². The first-order chi connectivity index (χ1) is 8.16. The van der Waals surface area contributed by atoms with Crippen LogP contribution in [0.4, 0.5) is 0 Å². The number of aromatic nitrogens is 1. The van der Waals surface area contributed by atoms with Gasteiger partial charge in [0, 0.05) is 11.1 Å². The third-order valence-corrected chi connectivity index (χ3v) is 3.68. The van der Waals surface area contributed by atoms with Gasteiger partial charge in [-0.1, -0.05) is 36.0 Å². The molecule has 1 unspecified atom stereocenters. The van der Waals surface area contributed by atoms with Gasteiger partial charge >= 0.3 is 0 Å². The van der Waals surface area contributed by atoms with Crippen molar-refractivity contribution in [2.45, 2.75) is 29.9 Å². The molecule has 1 N–H and O–H groups in total. The van der Waals surface area contributed by atoms with Gasteiger partial charge in [0.2, 0.25) is 0 Å². The van der Waals surface area contributed by atoms with Crippen molar-refractivity contribution in [1.29, 1.82) is 0 Å². The van der Waals surface area contributed by atoms with Gasteiger partial charge < -0.3 is 5.11 Å². The number of aliphatic hydroxyl groups is 1. The van der Waals surface area contributed by atoms with Crippen molar-refractivity contribution in [2.75, 3.05) is 0 Å². The number of benzene rings is 1. The lowest BCUT2D eigenvalue weighted by molar-refractivity contribution is 0.198. The molecule has 0 aliphatic carbocycles. The standard InChI is InChI=1S/C14H15NOS/c1-10-5-3-4-6-13(10)17-14-8-7-12(9-15-14)11(2)16/h3-9,11,16H,1-2H3. The molecule has 2 rings (SSSR count). The Balaban J connectivity index is 2.17. The lowest BCUT2D eigenvalue weighted by Crippen LogP contribution is -1.92. The Morgan fingerprint density at radius 3 is 2.53 bits per heavy atom. The second-order valence-corrected chi connectivity index (χ2v) is 5.04.